The number of rotatable bonds is 4. The molecular weight excluding hydrogens is 98.1 g/mol. The highest BCUT2D eigenvalue weighted by Gasteiger charge is 1.69. The van der Waals surface area contributed by atoms with Crippen LogP contribution >= 0.6 is 0 Å². The smallest absolute Gasteiger partial charge is 0.0138 e. The lowest BCUT2D eigenvalue weighted by atomic mass is 10.5. The lowest BCUT2D eigenvalue weighted by Crippen LogP contribution is -2.04. The van der Waals surface area contributed by atoms with Gasteiger partial charge in [-0.3, -0.25) is 0 Å². The van der Waals surface area contributed by atoms with Crippen LogP contribution in [0.3, 0.4) is 0 Å². The molecule has 1 heteroatoms. The summed E-state index contributed by atoms with van der Waals surface area (Å²) < 4.78 is 0. The third-order valence-corrected chi connectivity index (χ3v) is 0.744. The van der Waals surface area contributed by atoms with E-state index in [9.17, 15) is 0 Å². The van der Waals surface area contributed by atoms with Crippen molar-refractivity contribution >= 4 is 0 Å². The van der Waals surface area contributed by atoms with Gasteiger partial charge < -0.3 is 5.32 Å². The third-order valence-electron chi connectivity index (χ3n) is 0.744. The van der Waals surface area contributed by atoms with E-state index >= 15 is 0 Å². The largest absolute Gasteiger partial charge is 0.391 e. The van der Waals surface area contributed by atoms with Crippen LogP contribution in [0, 0.1) is 0 Å². The first-order valence-corrected chi connectivity index (χ1v) is 2.92. The first-order chi connectivity index (χ1) is 3.91. The minimum atomic E-state index is 1.05. The minimum absolute atomic E-state index is 1.05. The van der Waals surface area contributed by atoms with Crippen molar-refractivity contribution in [3.63, 3.8) is 0 Å². The summed E-state index contributed by atoms with van der Waals surface area (Å²) in [5.41, 5.74) is 0. The molecule has 0 unspecified atom stereocenters. The Labute approximate surface area is 51.1 Å². The van der Waals surface area contributed by atoms with Gasteiger partial charge in [-0.2, -0.15) is 0 Å². The predicted molar refractivity (Wildman–Crippen MR) is 37.6 cm³/mol. The molecule has 0 atom stereocenters. The predicted octanol–water partition coefficient (Wildman–Crippen LogP) is 1.69. The zero-order chi connectivity index (χ0) is 6.24. The number of hydrogen-bond donors (Lipinski definition) is 1. The van der Waals surface area contributed by atoms with Crippen molar-refractivity contribution in [2.24, 2.45) is 0 Å². The van der Waals surface area contributed by atoms with E-state index in [1.807, 2.05) is 12.3 Å². The van der Waals surface area contributed by atoms with Gasteiger partial charge in [-0.25, -0.2) is 0 Å². The molecule has 0 heterocycles. The summed E-state index contributed by atoms with van der Waals surface area (Å²) in [4.78, 5) is 0. The van der Waals surface area contributed by atoms with Crippen LogP contribution in [-0.4, -0.2) is 6.54 Å². The lowest BCUT2D eigenvalue weighted by molar-refractivity contribution is 0.809. The fourth-order valence-corrected chi connectivity index (χ4v) is 0.364. The van der Waals surface area contributed by atoms with E-state index in [1.54, 1.807) is 6.08 Å². The Hall–Kier alpha value is -0.720. The Morgan fingerprint density at radius 3 is 2.88 bits per heavy atom. The molecule has 0 saturated carbocycles. The molecule has 0 saturated heterocycles. The molecule has 0 bridgehead atoms. The van der Waals surface area contributed by atoms with E-state index in [4.69, 9.17) is 0 Å². The van der Waals surface area contributed by atoms with Gasteiger partial charge in [-0.15, -0.1) is 0 Å². The normalized spacial score (nSPS) is 9.62. The molecule has 0 radical (unpaired) electrons. The van der Waals surface area contributed by atoms with Crippen LogP contribution in [0.5, 0.6) is 0 Å². The summed E-state index contributed by atoms with van der Waals surface area (Å²) in [6.45, 7) is 6.71. The molecule has 0 aromatic carbocycles. The number of nitrogens with one attached hydrogen (secondary N) is 1. The summed E-state index contributed by atoms with van der Waals surface area (Å²) >= 11 is 0. The fraction of sp³-hybridized carbons (Fsp3) is 0.429. The highest BCUT2D eigenvalue weighted by atomic mass is 14.8. The van der Waals surface area contributed by atoms with E-state index < -0.39 is 0 Å². The second-order valence-corrected chi connectivity index (χ2v) is 1.55. The molecule has 0 aromatic rings. The van der Waals surface area contributed by atoms with Crippen molar-refractivity contribution in [3.8, 4) is 0 Å². The van der Waals surface area contributed by atoms with E-state index in [-0.39, 0.29) is 0 Å². The van der Waals surface area contributed by atoms with Crippen LogP contribution in [0.25, 0.3) is 0 Å². The van der Waals surface area contributed by atoms with Gasteiger partial charge >= 0.3 is 0 Å². The third kappa shape index (κ3) is 5.28. The van der Waals surface area contributed by atoms with Crippen molar-refractivity contribution < 1.29 is 0 Å². The number of hydrogen-bond acceptors (Lipinski definition) is 1. The van der Waals surface area contributed by atoms with E-state index in [1.165, 1.54) is 6.42 Å². The van der Waals surface area contributed by atoms with E-state index in [0.717, 1.165) is 6.54 Å². The van der Waals surface area contributed by atoms with Crippen LogP contribution in [0.2, 0.25) is 0 Å². The average molecular weight is 111 g/mol. The maximum atomic E-state index is 3.53. The summed E-state index contributed by atoms with van der Waals surface area (Å²) in [7, 11) is 0. The highest BCUT2D eigenvalue weighted by molar-refractivity contribution is 4.95. The van der Waals surface area contributed by atoms with Crippen LogP contribution < -0.4 is 5.32 Å². The molecule has 0 aliphatic carbocycles. The SMILES string of the molecule is C=C/C=C\NCCC. The van der Waals surface area contributed by atoms with Crippen molar-refractivity contribution in [2.45, 2.75) is 13.3 Å². The standard InChI is InChI=1S/C7H13N/c1-3-5-7-8-6-4-2/h3,5,7-8H,1,4,6H2,2H3/b7-5-. The second kappa shape index (κ2) is 6.28. The number of allylic oxidation sites excluding steroid dienone is 2. The Morgan fingerprint density at radius 2 is 2.38 bits per heavy atom. The molecule has 0 fully saturated rings. The van der Waals surface area contributed by atoms with Gasteiger partial charge in [0.1, 0.15) is 0 Å². The van der Waals surface area contributed by atoms with Gasteiger partial charge in [0.05, 0.1) is 0 Å². The molecule has 8 heavy (non-hydrogen) atoms. The topological polar surface area (TPSA) is 12.0 Å². The van der Waals surface area contributed by atoms with Gasteiger partial charge in [0.15, 0.2) is 0 Å². The zero-order valence-corrected chi connectivity index (χ0v) is 5.35. The lowest BCUT2D eigenvalue weighted by Gasteiger charge is -1.91. The molecule has 46 valence electrons. The molecule has 0 aromatic heterocycles. The maximum Gasteiger partial charge on any atom is 0.0138 e. The molecule has 0 aliphatic rings. The van der Waals surface area contributed by atoms with Crippen LogP contribution in [-0.2, 0) is 0 Å². The van der Waals surface area contributed by atoms with Crippen molar-refractivity contribution in [1.82, 2.24) is 5.32 Å². The van der Waals surface area contributed by atoms with Gasteiger partial charge in [0.2, 0.25) is 0 Å². The average Bonchev–Trinajstić information content (AvgIpc) is 1.81. The molecule has 0 aliphatic heterocycles. The maximum absolute atomic E-state index is 3.53. The fourth-order valence-electron chi connectivity index (χ4n) is 0.364. The second-order valence-electron chi connectivity index (χ2n) is 1.55. The van der Waals surface area contributed by atoms with Gasteiger partial charge in [-0.1, -0.05) is 19.6 Å². The first kappa shape index (κ1) is 7.28. The molecule has 1 N–H and O–H groups in total. The molecular formula is C7H13N. The zero-order valence-electron chi connectivity index (χ0n) is 5.35. The Kier molecular flexibility index (Phi) is 5.71. The van der Waals surface area contributed by atoms with Crippen molar-refractivity contribution in [1.29, 1.82) is 0 Å². The monoisotopic (exact) mass is 111 g/mol. The first-order valence-electron chi connectivity index (χ1n) is 2.92. The molecule has 0 amide bonds. The Morgan fingerprint density at radius 1 is 1.62 bits per heavy atom. The Bertz CT molecular complexity index is 74.5. The quantitative estimate of drug-likeness (QED) is 0.430. The molecule has 1 nitrogen and oxygen atoms in total. The van der Waals surface area contributed by atoms with E-state index in [0.29, 0.717) is 0 Å². The molecule has 0 spiro atoms. The van der Waals surface area contributed by atoms with Crippen LogP contribution in [0.15, 0.2) is 24.9 Å². The Balaban J connectivity index is 2.91. The van der Waals surface area contributed by atoms with Crippen LogP contribution in [0.4, 0.5) is 0 Å². The summed E-state index contributed by atoms with van der Waals surface area (Å²) in [6, 6.07) is 0. The van der Waals surface area contributed by atoms with E-state index in [2.05, 4.69) is 18.8 Å². The van der Waals surface area contributed by atoms with Crippen molar-refractivity contribution in [3.05, 3.63) is 24.9 Å². The molecule has 0 rings (SSSR count). The van der Waals surface area contributed by atoms with Gasteiger partial charge in [0, 0.05) is 6.54 Å². The summed E-state index contributed by atoms with van der Waals surface area (Å²) in [5.74, 6) is 0. The van der Waals surface area contributed by atoms with Crippen molar-refractivity contribution in [2.75, 3.05) is 6.54 Å². The summed E-state index contributed by atoms with van der Waals surface area (Å²) in [5, 5.41) is 3.08. The van der Waals surface area contributed by atoms with Gasteiger partial charge in [0.25, 0.3) is 0 Å². The minimum Gasteiger partial charge on any atom is -0.391 e. The van der Waals surface area contributed by atoms with Gasteiger partial charge in [-0.05, 0) is 18.7 Å². The highest BCUT2D eigenvalue weighted by Crippen LogP contribution is 1.70. The summed E-state index contributed by atoms with van der Waals surface area (Å²) in [6.07, 6.45) is 6.70. The van der Waals surface area contributed by atoms with Crippen LogP contribution in [0.1, 0.15) is 13.3 Å².